The average molecular weight is 546 g/mol. The third-order valence-electron chi connectivity index (χ3n) is 3.78. The minimum atomic E-state index is -6.39. The molecule has 0 atom stereocenters. The van der Waals surface area contributed by atoms with Gasteiger partial charge in [-0.1, -0.05) is 13.8 Å². The molecule has 0 heterocycles. The molecule has 0 radical (unpaired) electrons. The molecule has 0 fully saturated rings. The van der Waals surface area contributed by atoms with E-state index in [9.17, 15) is 67.1 Å². The van der Waals surface area contributed by atoms with Gasteiger partial charge in [-0.25, -0.2) is 9.59 Å². The van der Waals surface area contributed by atoms with Gasteiger partial charge in [0.1, 0.15) is 0 Å². The smallest absolute Gasteiger partial charge is 0.434 e. The molecule has 0 aromatic rings. The molecular formula is C17H18F12O6. The highest BCUT2D eigenvalue weighted by atomic mass is 19.4. The predicted molar refractivity (Wildman–Crippen MR) is 87.1 cm³/mol. The van der Waals surface area contributed by atoms with Crippen molar-refractivity contribution in [3.8, 4) is 0 Å². The highest BCUT2D eigenvalue weighted by Gasteiger charge is 2.63. The maximum Gasteiger partial charge on any atom is 0.434 e. The van der Waals surface area contributed by atoms with E-state index in [2.05, 4.69) is 14.2 Å². The highest BCUT2D eigenvalue weighted by Crippen LogP contribution is 2.38. The molecule has 0 amide bonds. The monoisotopic (exact) mass is 546 g/mol. The number of rotatable bonds is 8. The first kappa shape index (κ1) is 32.6. The van der Waals surface area contributed by atoms with E-state index >= 15 is 0 Å². The Morgan fingerprint density at radius 1 is 0.600 bits per heavy atom. The van der Waals surface area contributed by atoms with E-state index in [4.69, 9.17) is 0 Å². The number of hydrogen-bond acceptors (Lipinski definition) is 6. The molecule has 0 saturated carbocycles. The van der Waals surface area contributed by atoms with Gasteiger partial charge < -0.3 is 14.2 Å². The van der Waals surface area contributed by atoms with Gasteiger partial charge in [0.2, 0.25) is 0 Å². The van der Waals surface area contributed by atoms with Crippen LogP contribution in [-0.2, 0) is 28.6 Å². The molecule has 0 aliphatic rings. The van der Waals surface area contributed by atoms with Crippen LogP contribution in [0.25, 0.3) is 0 Å². The van der Waals surface area contributed by atoms with Crippen LogP contribution >= 0.6 is 0 Å². The fourth-order valence-electron chi connectivity index (χ4n) is 2.56. The van der Waals surface area contributed by atoms with Crippen molar-refractivity contribution in [1.82, 2.24) is 0 Å². The summed E-state index contributed by atoms with van der Waals surface area (Å²) in [6, 6.07) is 0. The van der Waals surface area contributed by atoms with Crippen molar-refractivity contribution in [3.63, 3.8) is 0 Å². The summed E-state index contributed by atoms with van der Waals surface area (Å²) in [4.78, 5) is 36.0. The van der Waals surface area contributed by atoms with Crippen LogP contribution in [0.1, 0.15) is 34.1 Å². The van der Waals surface area contributed by atoms with Crippen LogP contribution in [0.2, 0.25) is 0 Å². The number of hydrogen-bond donors (Lipinski definition) is 0. The van der Waals surface area contributed by atoms with Gasteiger partial charge in [0.25, 0.3) is 18.3 Å². The van der Waals surface area contributed by atoms with Crippen LogP contribution < -0.4 is 0 Å². The van der Waals surface area contributed by atoms with E-state index < -0.39 is 66.3 Å². The Labute approximate surface area is 188 Å². The first-order valence-electron chi connectivity index (χ1n) is 9.10. The summed E-state index contributed by atoms with van der Waals surface area (Å²) in [5.74, 6) is -8.27. The molecule has 0 aromatic carbocycles. The number of ether oxygens (including phenoxy) is 3. The Hall–Kier alpha value is -2.43. The van der Waals surface area contributed by atoms with Crippen molar-refractivity contribution in [3.05, 3.63) is 0 Å². The van der Waals surface area contributed by atoms with Gasteiger partial charge in [0.15, 0.2) is 0 Å². The number of carbonyl (C=O) groups excluding carboxylic acids is 3. The molecule has 18 heteroatoms. The minimum absolute atomic E-state index is 0.176. The lowest BCUT2D eigenvalue weighted by Crippen LogP contribution is -2.52. The molecule has 6 nitrogen and oxygen atoms in total. The molecule has 0 aliphatic carbocycles. The lowest BCUT2D eigenvalue weighted by Gasteiger charge is -2.29. The maximum atomic E-state index is 12.6. The van der Waals surface area contributed by atoms with E-state index in [0.717, 1.165) is 13.8 Å². The molecule has 0 bridgehead atoms. The second kappa shape index (κ2) is 10.7. The Morgan fingerprint density at radius 2 is 0.886 bits per heavy atom. The highest BCUT2D eigenvalue weighted by molar-refractivity contribution is 6.00. The molecule has 35 heavy (non-hydrogen) atoms. The Morgan fingerprint density at radius 3 is 1.11 bits per heavy atom. The van der Waals surface area contributed by atoms with Gasteiger partial charge in [-0.05, 0) is 26.2 Å². The van der Waals surface area contributed by atoms with Crippen LogP contribution in [0, 0.1) is 11.3 Å². The van der Waals surface area contributed by atoms with Gasteiger partial charge in [0.05, 0.1) is 5.41 Å². The van der Waals surface area contributed by atoms with E-state index in [1.807, 2.05) is 0 Å². The lowest BCUT2D eigenvalue weighted by molar-refractivity contribution is -0.319. The molecule has 0 aromatic heterocycles. The van der Waals surface area contributed by atoms with Crippen LogP contribution in [0.15, 0.2) is 0 Å². The lowest BCUT2D eigenvalue weighted by atomic mass is 9.84. The summed E-state index contributed by atoms with van der Waals surface area (Å²) in [5, 5.41) is 0. The van der Waals surface area contributed by atoms with Crippen molar-refractivity contribution in [2.24, 2.45) is 11.3 Å². The molecule has 0 spiro atoms. The summed E-state index contributed by atoms with van der Waals surface area (Å²) in [5.41, 5.74) is -1.77. The van der Waals surface area contributed by atoms with Crippen molar-refractivity contribution in [1.29, 1.82) is 0 Å². The first-order chi connectivity index (χ1) is 15.2. The quantitative estimate of drug-likeness (QED) is 0.184. The van der Waals surface area contributed by atoms with Crippen molar-refractivity contribution >= 4 is 17.9 Å². The Kier molecular flexibility index (Phi) is 9.93. The Bertz CT molecular complexity index is 689. The largest absolute Gasteiger partial charge is 0.440 e. The van der Waals surface area contributed by atoms with Gasteiger partial charge >= 0.3 is 42.6 Å². The fourth-order valence-corrected chi connectivity index (χ4v) is 2.56. The zero-order valence-electron chi connectivity index (χ0n) is 18.0. The number of alkyl halides is 12. The van der Waals surface area contributed by atoms with E-state index in [-0.39, 0.29) is 12.3 Å². The van der Waals surface area contributed by atoms with Crippen molar-refractivity contribution < 1.29 is 81.3 Å². The van der Waals surface area contributed by atoms with Gasteiger partial charge in [-0.3, -0.25) is 4.79 Å². The summed E-state index contributed by atoms with van der Waals surface area (Å²) >= 11 is 0. The van der Waals surface area contributed by atoms with E-state index in [1.165, 1.54) is 13.8 Å². The molecular weight excluding hydrogens is 528 g/mol. The fraction of sp³-hybridized carbons (Fsp3) is 0.824. The van der Waals surface area contributed by atoms with Crippen molar-refractivity contribution in [2.75, 3.05) is 0 Å². The van der Waals surface area contributed by atoms with Gasteiger partial charge in [-0.15, -0.1) is 0 Å². The second-order valence-corrected chi connectivity index (χ2v) is 8.07. The maximum absolute atomic E-state index is 12.6. The van der Waals surface area contributed by atoms with Crippen LogP contribution in [0.4, 0.5) is 52.7 Å². The summed E-state index contributed by atoms with van der Waals surface area (Å²) in [6.07, 6.45) is -39.5. The van der Waals surface area contributed by atoms with Crippen LogP contribution in [-0.4, -0.2) is 60.9 Å². The topological polar surface area (TPSA) is 78.9 Å². The van der Waals surface area contributed by atoms with Crippen molar-refractivity contribution in [2.45, 2.75) is 77.1 Å². The number of halogens is 12. The second-order valence-electron chi connectivity index (χ2n) is 8.07. The van der Waals surface area contributed by atoms with Gasteiger partial charge in [-0.2, -0.15) is 52.7 Å². The summed E-state index contributed by atoms with van der Waals surface area (Å²) in [7, 11) is 0. The zero-order valence-corrected chi connectivity index (χ0v) is 18.0. The third-order valence-corrected chi connectivity index (χ3v) is 3.78. The number of esters is 3. The predicted octanol–water partition coefficient (Wildman–Crippen LogP) is 5.04. The molecule has 0 unspecified atom stereocenters. The summed E-state index contributed by atoms with van der Waals surface area (Å²) in [6.45, 7) is 5.07. The van der Waals surface area contributed by atoms with Crippen LogP contribution in [0.3, 0.4) is 0 Å². The average Bonchev–Trinajstić information content (AvgIpc) is 2.56. The molecule has 0 N–H and O–H groups in total. The van der Waals surface area contributed by atoms with E-state index in [1.54, 1.807) is 0 Å². The van der Waals surface area contributed by atoms with E-state index in [0.29, 0.717) is 0 Å². The normalized spacial score (nSPS) is 14.1. The standard InChI is InChI=1S/C17H18F12O6/c1-6(2)5-13(3,4)12(32)33-7(8(30)34-10(14(18,19)20)15(21,22)23)9(31)35-11(16(24,25)26)17(27,28)29/h6-7,10-11H,5H2,1-4H3. The SMILES string of the molecule is CC(C)CC(C)(C)C(=O)OC(C(=O)OC(C(F)(F)F)C(F)(F)F)C(=O)OC(C(F)(F)F)C(F)(F)F. The first-order valence-corrected chi connectivity index (χ1v) is 9.10. The molecule has 0 aliphatic heterocycles. The minimum Gasteiger partial charge on any atom is -0.440 e. The summed E-state index contributed by atoms with van der Waals surface area (Å²) < 4.78 is 162. The molecule has 0 saturated heterocycles. The van der Waals surface area contributed by atoms with Crippen LogP contribution in [0.5, 0.6) is 0 Å². The zero-order chi connectivity index (χ0) is 28.4. The number of carbonyl (C=O) groups is 3. The third kappa shape index (κ3) is 9.99. The Balaban J connectivity index is 6.31. The molecule has 206 valence electrons. The van der Waals surface area contributed by atoms with Gasteiger partial charge in [0, 0.05) is 0 Å². The molecule has 0 rings (SSSR count).